The van der Waals surface area contributed by atoms with Crippen molar-refractivity contribution in [1.29, 1.82) is 0 Å². The Balaban J connectivity index is 1.51. The van der Waals surface area contributed by atoms with Gasteiger partial charge in [0.2, 0.25) is 11.8 Å². The predicted octanol–water partition coefficient (Wildman–Crippen LogP) is 2.84. The number of hydrogen-bond donors (Lipinski definition) is 1. The molecule has 5 nitrogen and oxygen atoms in total. The summed E-state index contributed by atoms with van der Waals surface area (Å²) < 4.78 is 0. The lowest BCUT2D eigenvalue weighted by Gasteiger charge is -2.36. The number of anilines is 1. The number of para-hydroxylation sites is 1. The topological polar surface area (TPSA) is 52.7 Å². The fourth-order valence-corrected chi connectivity index (χ4v) is 5.52. The van der Waals surface area contributed by atoms with Gasteiger partial charge in [-0.3, -0.25) is 9.59 Å². The van der Waals surface area contributed by atoms with Crippen LogP contribution < -0.4 is 10.2 Å². The highest BCUT2D eigenvalue weighted by molar-refractivity contribution is 6.00. The lowest BCUT2D eigenvalue weighted by Crippen LogP contribution is -2.48. The van der Waals surface area contributed by atoms with E-state index >= 15 is 0 Å². The van der Waals surface area contributed by atoms with Gasteiger partial charge in [0.15, 0.2) is 0 Å². The highest BCUT2D eigenvalue weighted by atomic mass is 16.2. The van der Waals surface area contributed by atoms with Gasteiger partial charge in [-0.15, -0.1) is 0 Å². The summed E-state index contributed by atoms with van der Waals surface area (Å²) >= 11 is 0. The number of nitrogens with zero attached hydrogens (tertiary/aromatic N) is 2. The fraction of sp³-hybridized carbons (Fsp3) is 0.652. The monoisotopic (exact) mass is 383 g/mol. The first kappa shape index (κ1) is 19.4. The van der Waals surface area contributed by atoms with Gasteiger partial charge in [0.1, 0.15) is 0 Å². The predicted molar refractivity (Wildman–Crippen MR) is 111 cm³/mol. The third-order valence-electron chi connectivity index (χ3n) is 6.94. The van der Waals surface area contributed by atoms with E-state index in [1.54, 1.807) is 0 Å². The maximum Gasteiger partial charge on any atom is 0.231 e. The molecule has 0 bridgehead atoms. The molecule has 28 heavy (non-hydrogen) atoms. The summed E-state index contributed by atoms with van der Waals surface area (Å²) in [6.07, 6.45) is 5.77. The first-order chi connectivity index (χ1) is 13.6. The summed E-state index contributed by atoms with van der Waals surface area (Å²) in [6, 6.07) is 8.40. The summed E-state index contributed by atoms with van der Waals surface area (Å²) in [5.41, 5.74) is 2.29. The summed E-state index contributed by atoms with van der Waals surface area (Å²) in [5, 5.41) is 3.23. The minimum Gasteiger partial charge on any atom is -0.342 e. The van der Waals surface area contributed by atoms with Crippen LogP contribution in [0.3, 0.4) is 0 Å². The van der Waals surface area contributed by atoms with Gasteiger partial charge in [-0.1, -0.05) is 31.0 Å². The third-order valence-corrected chi connectivity index (χ3v) is 6.94. The Hall–Kier alpha value is -1.88. The quantitative estimate of drug-likeness (QED) is 0.870. The number of nitrogens with one attached hydrogen (secondary N) is 1. The molecular weight excluding hydrogens is 350 g/mol. The molecule has 2 amide bonds. The molecule has 0 aromatic heterocycles. The molecule has 1 aromatic rings. The van der Waals surface area contributed by atoms with Crippen molar-refractivity contribution in [2.75, 3.05) is 31.6 Å². The average molecular weight is 384 g/mol. The van der Waals surface area contributed by atoms with Gasteiger partial charge < -0.3 is 15.1 Å². The third kappa shape index (κ3) is 3.57. The van der Waals surface area contributed by atoms with E-state index in [1.165, 1.54) is 5.56 Å². The fourth-order valence-electron chi connectivity index (χ4n) is 5.52. The van der Waals surface area contributed by atoms with E-state index in [2.05, 4.69) is 24.4 Å². The van der Waals surface area contributed by atoms with Crippen molar-refractivity contribution >= 4 is 17.5 Å². The minimum atomic E-state index is -0.168. The Bertz CT molecular complexity index is 734. The number of likely N-dealkylation sites (tertiary alicyclic amines) is 1. The van der Waals surface area contributed by atoms with E-state index in [0.717, 1.165) is 63.8 Å². The molecule has 1 aromatic carbocycles. The number of fused-ring (bicyclic) bond motifs is 1. The van der Waals surface area contributed by atoms with Crippen molar-refractivity contribution in [2.24, 2.45) is 17.8 Å². The van der Waals surface area contributed by atoms with Crippen LogP contribution in [0.4, 0.5) is 5.69 Å². The smallest absolute Gasteiger partial charge is 0.231 e. The van der Waals surface area contributed by atoms with Crippen LogP contribution in [0.1, 0.15) is 44.6 Å². The highest BCUT2D eigenvalue weighted by Gasteiger charge is 2.43. The largest absolute Gasteiger partial charge is 0.342 e. The van der Waals surface area contributed by atoms with Crippen molar-refractivity contribution in [3.05, 3.63) is 29.8 Å². The molecule has 0 spiro atoms. The molecule has 4 rings (SSSR count). The molecule has 4 unspecified atom stereocenters. The molecule has 4 atom stereocenters. The molecule has 3 aliphatic rings. The van der Waals surface area contributed by atoms with E-state index in [-0.39, 0.29) is 29.7 Å². The van der Waals surface area contributed by atoms with Gasteiger partial charge >= 0.3 is 0 Å². The van der Waals surface area contributed by atoms with E-state index in [1.807, 2.05) is 29.0 Å². The molecule has 1 aliphatic carbocycles. The average Bonchev–Trinajstić information content (AvgIpc) is 3.31. The van der Waals surface area contributed by atoms with Crippen LogP contribution in [-0.2, 0) is 16.0 Å². The molecule has 1 saturated carbocycles. The number of amides is 2. The van der Waals surface area contributed by atoms with Gasteiger partial charge in [-0.25, -0.2) is 0 Å². The second-order valence-corrected chi connectivity index (χ2v) is 8.88. The van der Waals surface area contributed by atoms with Gasteiger partial charge in [0.25, 0.3) is 0 Å². The molecular formula is C23H33N3O2. The maximum atomic E-state index is 13.6. The van der Waals surface area contributed by atoms with Crippen molar-refractivity contribution in [2.45, 2.75) is 51.5 Å². The van der Waals surface area contributed by atoms with Crippen LogP contribution in [-0.4, -0.2) is 49.4 Å². The van der Waals surface area contributed by atoms with Crippen molar-refractivity contribution in [1.82, 2.24) is 10.2 Å². The zero-order valence-electron chi connectivity index (χ0n) is 17.2. The molecule has 2 aliphatic heterocycles. The number of rotatable bonds is 4. The minimum absolute atomic E-state index is 0.144. The van der Waals surface area contributed by atoms with E-state index < -0.39 is 0 Å². The van der Waals surface area contributed by atoms with Gasteiger partial charge in [-0.05, 0) is 63.7 Å². The van der Waals surface area contributed by atoms with Crippen LogP contribution >= 0.6 is 0 Å². The standard InChI is InChI=1S/C23H33N3O2/c1-16-13-18-7-3-6-10-21(18)26(16)23(28)20-9-5-4-8-19(20)22(27)25-12-11-17(15-25)14-24-2/h3,6-7,10,16-17,19-20,24H,4-5,8-9,11-15H2,1-2H3. The zero-order chi connectivity index (χ0) is 19.7. The van der Waals surface area contributed by atoms with E-state index in [9.17, 15) is 9.59 Å². The summed E-state index contributed by atoms with van der Waals surface area (Å²) in [6.45, 7) is 4.75. The van der Waals surface area contributed by atoms with Crippen LogP contribution in [0.2, 0.25) is 0 Å². The molecule has 152 valence electrons. The molecule has 2 fully saturated rings. The molecule has 2 heterocycles. The normalized spacial score (nSPS) is 29.8. The van der Waals surface area contributed by atoms with Crippen molar-refractivity contribution in [3.8, 4) is 0 Å². The SMILES string of the molecule is CNCC1CCN(C(=O)C2CCCCC2C(=O)N2c3ccccc3CC2C)C1. The Morgan fingerprint density at radius 2 is 1.79 bits per heavy atom. The Kier molecular flexibility index (Phi) is 5.72. The Morgan fingerprint density at radius 3 is 2.54 bits per heavy atom. The van der Waals surface area contributed by atoms with Gasteiger partial charge in [0, 0.05) is 30.7 Å². The lowest BCUT2D eigenvalue weighted by atomic mass is 9.77. The van der Waals surface area contributed by atoms with E-state index in [0.29, 0.717) is 5.92 Å². The summed E-state index contributed by atoms with van der Waals surface area (Å²) in [4.78, 5) is 31.0. The first-order valence-electron chi connectivity index (χ1n) is 10.9. The van der Waals surface area contributed by atoms with Crippen molar-refractivity contribution in [3.63, 3.8) is 0 Å². The molecule has 5 heteroatoms. The highest BCUT2D eigenvalue weighted by Crippen LogP contribution is 2.39. The molecule has 0 radical (unpaired) electrons. The Labute approximate surface area is 168 Å². The lowest BCUT2D eigenvalue weighted by molar-refractivity contribution is -0.142. The Morgan fingerprint density at radius 1 is 1.07 bits per heavy atom. The number of carbonyl (C=O) groups excluding carboxylic acids is 2. The van der Waals surface area contributed by atoms with Crippen LogP contribution in [0.25, 0.3) is 0 Å². The van der Waals surface area contributed by atoms with Crippen LogP contribution in [0.15, 0.2) is 24.3 Å². The zero-order valence-corrected chi connectivity index (χ0v) is 17.2. The summed E-state index contributed by atoms with van der Waals surface area (Å²) in [7, 11) is 1.97. The first-order valence-corrected chi connectivity index (χ1v) is 10.9. The summed E-state index contributed by atoms with van der Waals surface area (Å²) in [5.74, 6) is 0.614. The van der Waals surface area contributed by atoms with Crippen LogP contribution in [0.5, 0.6) is 0 Å². The second-order valence-electron chi connectivity index (χ2n) is 8.88. The molecule has 1 N–H and O–H groups in total. The number of benzene rings is 1. The second kappa shape index (κ2) is 8.24. The maximum absolute atomic E-state index is 13.6. The van der Waals surface area contributed by atoms with Crippen molar-refractivity contribution < 1.29 is 9.59 Å². The number of carbonyl (C=O) groups is 2. The number of hydrogen-bond acceptors (Lipinski definition) is 3. The van der Waals surface area contributed by atoms with E-state index in [4.69, 9.17) is 0 Å². The molecule has 1 saturated heterocycles. The van der Waals surface area contributed by atoms with Crippen LogP contribution in [0, 0.1) is 17.8 Å². The van der Waals surface area contributed by atoms with Gasteiger partial charge in [-0.2, -0.15) is 0 Å². The van der Waals surface area contributed by atoms with Gasteiger partial charge in [0.05, 0.1) is 5.92 Å².